The second-order valence-corrected chi connectivity index (χ2v) is 8.62. The zero-order chi connectivity index (χ0) is 22.8. The van der Waals surface area contributed by atoms with Crippen molar-refractivity contribution in [2.24, 2.45) is 0 Å². The van der Waals surface area contributed by atoms with E-state index in [0.717, 1.165) is 58.6 Å². The normalized spacial score (nSPS) is 16.1. The van der Waals surface area contributed by atoms with Crippen LogP contribution in [0.5, 0.6) is 5.75 Å². The Balaban J connectivity index is 1.41. The van der Waals surface area contributed by atoms with Crippen molar-refractivity contribution in [1.82, 2.24) is 14.9 Å². The molecule has 0 saturated carbocycles. The third kappa shape index (κ3) is 4.31. The van der Waals surface area contributed by atoms with Gasteiger partial charge in [0, 0.05) is 42.0 Å². The fourth-order valence-electron chi connectivity index (χ4n) is 4.70. The smallest absolute Gasteiger partial charge is 0.256 e. The Morgan fingerprint density at radius 2 is 1.85 bits per heavy atom. The number of ether oxygens (including phenoxy) is 1. The fraction of sp³-hybridized carbons (Fsp3) is 0.250. The van der Waals surface area contributed by atoms with Crippen LogP contribution in [0.15, 0.2) is 72.9 Å². The minimum Gasteiger partial charge on any atom is -0.497 e. The van der Waals surface area contributed by atoms with Crippen molar-refractivity contribution in [2.75, 3.05) is 20.2 Å². The van der Waals surface area contributed by atoms with Gasteiger partial charge in [0.25, 0.3) is 5.91 Å². The SMILES string of the molecule is COc1ccc(-c2cc(C)nc(C3CCCN(C(=O)c4cccc5cccnc45)C3)c2)cc1. The van der Waals surface area contributed by atoms with Crippen molar-refractivity contribution >= 4 is 16.8 Å². The number of hydrogen-bond donors (Lipinski definition) is 0. The molecule has 3 heterocycles. The first-order valence-electron chi connectivity index (χ1n) is 11.4. The summed E-state index contributed by atoms with van der Waals surface area (Å²) in [6.45, 7) is 3.46. The van der Waals surface area contributed by atoms with Crippen LogP contribution in [0.1, 0.15) is 40.5 Å². The zero-order valence-electron chi connectivity index (χ0n) is 19.0. The molecule has 0 spiro atoms. The van der Waals surface area contributed by atoms with Crippen LogP contribution in [0.4, 0.5) is 0 Å². The number of likely N-dealkylation sites (tertiary alicyclic amines) is 1. The Hall–Kier alpha value is -3.73. The quantitative estimate of drug-likeness (QED) is 0.415. The molecule has 1 fully saturated rings. The standard InChI is InChI=1S/C28H27N3O2/c1-19-16-23(20-10-12-24(33-2)13-11-20)17-26(30-19)22-8-5-15-31(18-22)28(32)25-9-3-6-21-7-4-14-29-27(21)25/h3-4,6-7,9-14,16-17,22H,5,8,15,18H2,1-2H3. The van der Waals surface area contributed by atoms with Gasteiger partial charge in [-0.3, -0.25) is 14.8 Å². The molecule has 0 N–H and O–H groups in total. The van der Waals surface area contributed by atoms with E-state index < -0.39 is 0 Å². The van der Waals surface area contributed by atoms with E-state index in [1.807, 2.05) is 54.3 Å². The number of carbonyl (C=O) groups excluding carboxylic acids is 1. The van der Waals surface area contributed by atoms with E-state index in [4.69, 9.17) is 9.72 Å². The first-order chi connectivity index (χ1) is 16.1. The minimum atomic E-state index is 0.0482. The molecule has 1 amide bonds. The van der Waals surface area contributed by atoms with Gasteiger partial charge in [0.1, 0.15) is 5.75 Å². The molecule has 1 atom stereocenters. The zero-order valence-corrected chi connectivity index (χ0v) is 19.0. The van der Waals surface area contributed by atoms with E-state index >= 15 is 0 Å². The Labute approximate surface area is 194 Å². The van der Waals surface area contributed by atoms with E-state index in [1.54, 1.807) is 13.3 Å². The number of hydrogen-bond acceptors (Lipinski definition) is 4. The monoisotopic (exact) mass is 437 g/mol. The van der Waals surface area contributed by atoms with Crippen molar-refractivity contribution < 1.29 is 9.53 Å². The summed E-state index contributed by atoms with van der Waals surface area (Å²) in [5.74, 6) is 1.10. The Morgan fingerprint density at radius 3 is 2.67 bits per heavy atom. The van der Waals surface area contributed by atoms with Crippen LogP contribution in [0.2, 0.25) is 0 Å². The molecule has 166 valence electrons. The number of methoxy groups -OCH3 is 1. The van der Waals surface area contributed by atoms with Gasteiger partial charge < -0.3 is 9.64 Å². The second kappa shape index (κ2) is 9.02. The number of carbonyl (C=O) groups is 1. The van der Waals surface area contributed by atoms with E-state index in [-0.39, 0.29) is 11.8 Å². The Bertz CT molecular complexity index is 1300. The predicted molar refractivity (Wildman–Crippen MR) is 131 cm³/mol. The molecular weight excluding hydrogens is 410 g/mol. The highest BCUT2D eigenvalue weighted by molar-refractivity contribution is 6.05. The third-order valence-corrected chi connectivity index (χ3v) is 6.39. The molecule has 1 aliphatic heterocycles. The summed E-state index contributed by atoms with van der Waals surface area (Å²) < 4.78 is 5.29. The number of piperidine rings is 1. The van der Waals surface area contributed by atoms with Crippen LogP contribution in [-0.2, 0) is 0 Å². The van der Waals surface area contributed by atoms with E-state index in [0.29, 0.717) is 12.1 Å². The van der Waals surface area contributed by atoms with E-state index in [2.05, 4.69) is 29.2 Å². The van der Waals surface area contributed by atoms with Gasteiger partial charge in [-0.1, -0.05) is 30.3 Å². The molecule has 4 aromatic rings. The summed E-state index contributed by atoms with van der Waals surface area (Å²) in [6, 6.07) is 22.1. The van der Waals surface area contributed by atoms with E-state index in [1.165, 1.54) is 0 Å². The van der Waals surface area contributed by atoms with Gasteiger partial charge in [-0.2, -0.15) is 0 Å². The summed E-state index contributed by atoms with van der Waals surface area (Å²) in [7, 11) is 1.67. The summed E-state index contributed by atoms with van der Waals surface area (Å²) in [4.78, 5) is 24.8. The van der Waals surface area contributed by atoms with Crippen molar-refractivity contribution in [2.45, 2.75) is 25.7 Å². The largest absolute Gasteiger partial charge is 0.497 e. The van der Waals surface area contributed by atoms with Crippen LogP contribution in [0, 0.1) is 6.92 Å². The number of rotatable bonds is 4. The van der Waals surface area contributed by atoms with Crippen LogP contribution in [-0.4, -0.2) is 41.0 Å². The molecule has 5 rings (SSSR count). The lowest BCUT2D eigenvalue weighted by Crippen LogP contribution is -2.39. The maximum atomic E-state index is 13.5. The lowest BCUT2D eigenvalue weighted by molar-refractivity contribution is 0.0707. The molecule has 33 heavy (non-hydrogen) atoms. The third-order valence-electron chi connectivity index (χ3n) is 6.39. The molecule has 0 aliphatic carbocycles. The molecule has 1 aliphatic rings. The number of aryl methyl sites for hydroxylation is 1. The lowest BCUT2D eigenvalue weighted by atomic mass is 9.91. The van der Waals surface area contributed by atoms with Gasteiger partial charge in [-0.15, -0.1) is 0 Å². The molecule has 5 nitrogen and oxygen atoms in total. The van der Waals surface area contributed by atoms with Crippen LogP contribution >= 0.6 is 0 Å². The van der Waals surface area contributed by atoms with Gasteiger partial charge in [0.2, 0.25) is 0 Å². The fourth-order valence-corrected chi connectivity index (χ4v) is 4.70. The first kappa shape index (κ1) is 21.1. The molecule has 5 heteroatoms. The van der Waals surface area contributed by atoms with Gasteiger partial charge in [0.15, 0.2) is 0 Å². The van der Waals surface area contributed by atoms with Crippen LogP contribution < -0.4 is 4.74 Å². The maximum absolute atomic E-state index is 13.5. The van der Waals surface area contributed by atoms with E-state index in [9.17, 15) is 4.79 Å². The molecule has 0 radical (unpaired) electrons. The Morgan fingerprint density at radius 1 is 1.03 bits per heavy atom. The van der Waals surface area contributed by atoms with Gasteiger partial charge in [-0.05, 0) is 67.3 Å². The number of nitrogens with zero attached hydrogens (tertiary/aromatic N) is 3. The molecule has 1 unspecified atom stereocenters. The summed E-state index contributed by atoms with van der Waals surface area (Å²) in [5, 5.41) is 0.987. The maximum Gasteiger partial charge on any atom is 0.256 e. The average molecular weight is 438 g/mol. The average Bonchev–Trinajstić information content (AvgIpc) is 2.87. The van der Waals surface area contributed by atoms with Gasteiger partial charge in [-0.25, -0.2) is 0 Å². The lowest BCUT2D eigenvalue weighted by Gasteiger charge is -2.33. The van der Waals surface area contributed by atoms with Crippen LogP contribution in [0.3, 0.4) is 0 Å². The number of aromatic nitrogens is 2. The summed E-state index contributed by atoms with van der Waals surface area (Å²) in [6.07, 6.45) is 3.73. The highest BCUT2D eigenvalue weighted by Crippen LogP contribution is 2.31. The molecule has 1 saturated heterocycles. The van der Waals surface area contributed by atoms with Crippen molar-refractivity contribution in [1.29, 1.82) is 0 Å². The Kier molecular flexibility index (Phi) is 5.78. The number of benzene rings is 2. The number of fused-ring (bicyclic) bond motifs is 1. The second-order valence-electron chi connectivity index (χ2n) is 8.62. The molecule has 2 aromatic carbocycles. The first-order valence-corrected chi connectivity index (χ1v) is 11.4. The summed E-state index contributed by atoms with van der Waals surface area (Å²) in [5.41, 5.74) is 5.75. The topological polar surface area (TPSA) is 55.3 Å². The number of para-hydroxylation sites is 1. The van der Waals surface area contributed by atoms with Crippen molar-refractivity contribution in [3.05, 3.63) is 89.9 Å². The van der Waals surface area contributed by atoms with Gasteiger partial charge in [0.05, 0.1) is 18.2 Å². The van der Waals surface area contributed by atoms with Crippen LogP contribution in [0.25, 0.3) is 22.0 Å². The molecule has 2 aromatic heterocycles. The van der Waals surface area contributed by atoms with Gasteiger partial charge >= 0.3 is 0 Å². The van der Waals surface area contributed by atoms with Crippen molar-refractivity contribution in [3.63, 3.8) is 0 Å². The number of pyridine rings is 2. The molecular formula is C28H27N3O2. The van der Waals surface area contributed by atoms with Crippen molar-refractivity contribution in [3.8, 4) is 16.9 Å². The minimum absolute atomic E-state index is 0.0482. The highest BCUT2D eigenvalue weighted by atomic mass is 16.5. The highest BCUT2D eigenvalue weighted by Gasteiger charge is 2.27. The number of amides is 1. The summed E-state index contributed by atoms with van der Waals surface area (Å²) >= 11 is 0. The molecule has 0 bridgehead atoms. The predicted octanol–water partition coefficient (Wildman–Crippen LogP) is 5.63.